The summed E-state index contributed by atoms with van der Waals surface area (Å²) < 4.78 is 12.1. The van der Waals surface area contributed by atoms with Crippen LogP contribution in [0.2, 0.25) is 0 Å². The van der Waals surface area contributed by atoms with Crippen LogP contribution < -0.4 is 14.8 Å². The van der Waals surface area contributed by atoms with Gasteiger partial charge in [-0.3, -0.25) is 0 Å². The van der Waals surface area contributed by atoms with Crippen molar-refractivity contribution >= 4 is 22.1 Å². The van der Waals surface area contributed by atoms with Crippen LogP contribution in [0.15, 0.2) is 97.1 Å². The van der Waals surface area contributed by atoms with Gasteiger partial charge in [-0.05, 0) is 58.0 Å². The molecule has 3 heteroatoms. The molecular weight excluding hydrogens is 418 g/mol. The zero-order valence-corrected chi connectivity index (χ0v) is 19.1. The number of nitrogens with one attached hydrogen (secondary N) is 1. The molecule has 0 bridgehead atoms. The van der Waals surface area contributed by atoms with E-state index in [1.165, 1.54) is 33.0 Å². The van der Waals surface area contributed by atoms with E-state index in [0.717, 1.165) is 28.6 Å². The summed E-state index contributed by atoms with van der Waals surface area (Å²) in [5.74, 6) is 2.90. The van der Waals surface area contributed by atoms with Crippen molar-refractivity contribution in [2.45, 2.75) is 19.3 Å². The van der Waals surface area contributed by atoms with Crippen LogP contribution in [0.1, 0.15) is 25.0 Å². The Morgan fingerprint density at radius 1 is 0.588 bits per heavy atom. The average molecular weight is 442 g/mol. The third-order valence-electron chi connectivity index (χ3n) is 7.07. The van der Waals surface area contributed by atoms with E-state index in [9.17, 15) is 0 Å². The van der Waals surface area contributed by atoms with Crippen molar-refractivity contribution in [1.82, 2.24) is 0 Å². The molecule has 1 aliphatic heterocycles. The minimum absolute atomic E-state index is 0.0472. The van der Waals surface area contributed by atoms with E-state index in [4.69, 9.17) is 9.47 Å². The molecule has 0 spiro atoms. The van der Waals surface area contributed by atoms with Crippen molar-refractivity contribution in [1.29, 1.82) is 0 Å². The van der Waals surface area contributed by atoms with E-state index in [-0.39, 0.29) is 5.41 Å². The Hall–Kier alpha value is -4.24. The fourth-order valence-electron chi connectivity index (χ4n) is 5.52. The highest BCUT2D eigenvalue weighted by Crippen LogP contribution is 2.53. The molecule has 0 fully saturated rings. The molecule has 0 aromatic heterocycles. The second-order valence-corrected chi connectivity index (χ2v) is 9.50. The summed E-state index contributed by atoms with van der Waals surface area (Å²) in [5.41, 5.74) is 7.38. The molecule has 0 radical (unpaired) electrons. The number of hydrogen-bond donors (Lipinski definition) is 1. The Balaban J connectivity index is 1.35. The molecule has 5 aromatic rings. The number of benzene rings is 5. The molecule has 5 aromatic carbocycles. The van der Waals surface area contributed by atoms with Crippen LogP contribution in [0.4, 0.5) is 11.4 Å². The van der Waals surface area contributed by atoms with Crippen LogP contribution in [-0.4, -0.2) is 0 Å². The third kappa shape index (κ3) is 2.70. The number of hydrogen-bond acceptors (Lipinski definition) is 3. The van der Waals surface area contributed by atoms with Crippen LogP contribution in [0.25, 0.3) is 21.9 Å². The number of rotatable bonds is 2. The first kappa shape index (κ1) is 19.2. The zero-order chi connectivity index (χ0) is 22.9. The van der Waals surface area contributed by atoms with Crippen LogP contribution in [0.3, 0.4) is 0 Å². The fraction of sp³-hybridized carbons (Fsp3) is 0.0968. The summed E-state index contributed by atoms with van der Waals surface area (Å²) in [4.78, 5) is 0. The van der Waals surface area contributed by atoms with Gasteiger partial charge in [-0.15, -0.1) is 0 Å². The van der Waals surface area contributed by atoms with Gasteiger partial charge in [0.05, 0.1) is 0 Å². The van der Waals surface area contributed by atoms with E-state index in [1.807, 2.05) is 42.5 Å². The standard InChI is InChI=1S/C31H23NO2/c1-31(2)24-12-6-5-9-20(24)23-18-25(21-10-3-4-11-22(21)30(23)31)32-19-15-16-28-29(17-19)34-27-14-8-7-13-26(27)33-28/h3-18,32H,1-2H3. The normalized spacial score (nSPS) is 14.3. The Bertz CT molecular complexity index is 1620. The second-order valence-electron chi connectivity index (χ2n) is 9.50. The van der Waals surface area contributed by atoms with Crippen molar-refractivity contribution < 1.29 is 9.47 Å². The first-order valence-corrected chi connectivity index (χ1v) is 11.6. The van der Waals surface area contributed by atoms with E-state index in [0.29, 0.717) is 5.75 Å². The Morgan fingerprint density at radius 3 is 2.06 bits per heavy atom. The van der Waals surface area contributed by atoms with Gasteiger partial charge in [-0.2, -0.15) is 0 Å². The second kappa shape index (κ2) is 6.88. The van der Waals surface area contributed by atoms with Gasteiger partial charge in [0.25, 0.3) is 0 Å². The lowest BCUT2D eigenvalue weighted by molar-refractivity contribution is 0.360. The number of anilines is 2. The number of para-hydroxylation sites is 2. The van der Waals surface area contributed by atoms with Crippen LogP contribution in [-0.2, 0) is 5.41 Å². The summed E-state index contributed by atoms with van der Waals surface area (Å²) in [6, 6.07) is 33.5. The van der Waals surface area contributed by atoms with Gasteiger partial charge in [0.1, 0.15) is 0 Å². The average Bonchev–Trinajstić information content (AvgIpc) is 3.09. The molecule has 0 saturated carbocycles. The van der Waals surface area contributed by atoms with Gasteiger partial charge in [0.2, 0.25) is 0 Å². The largest absolute Gasteiger partial charge is 0.450 e. The Kier molecular flexibility index (Phi) is 3.89. The molecule has 0 saturated heterocycles. The summed E-state index contributed by atoms with van der Waals surface area (Å²) in [6.07, 6.45) is 0. The summed E-state index contributed by atoms with van der Waals surface area (Å²) in [6.45, 7) is 4.66. The molecule has 1 heterocycles. The minimum Gasteiger partial charge on any atom is -0.450 e. The topological polar surface area (TPSA) is 30.5 Å². The molecule has 1 aliphatic carbocycles. The molecule has 0 amide bonds. The van der Waals surface area contributed by atoms with Crippen LogP contribution >= 0.6 is 0 Å². The summed E-state index contributed by atoms with van der Waals surface area (Å²) in [5, 5.41) is 6.17. The third-order valence-corrected chi connectivity index (χ3v) is 7.07. The Morgan fingerprint density at radius 2 is 1.24 bits per heavy atom. The lowest BCUT2D eigenvalue weighted by Gasteiger charge is -2.24. The van der Waals surface area contributed by atoms with Gasteiger partial charge >= 0.3 is 0 Å². The Labute approximate surface area is 198 Å². The minimum atomic E-state index is -0.0472. The molecule has 0 atom stereocenters. The molecule has 164 valence electrons. The molecule has 7 rings (SSSR count). The molecule has 1 N–H and O–H groups in total. The highest BCUT2D eigenvalue weighted by molar-refractivity contribution is 6.05. The SMILES string of the molecule is CC1(C)c2ccccc2-c2cc(Nc3ccc4c(c3)Oc3ccccc3O4)c3ccccc3c21. The maximum Gasteiger partial charge on any atom is 0.172 e. The zero-order valence-electron chi connectivity index (χ0n) is 19.1. The molecule has 2 aliphatic rings. The van der Waals surface area contributed by atoms with Gasteiger partial charge in [-0.1, -0.05) is 74.5 Å². The van der Waals surface area contributed by atoms with Gasteiger partial charge < -0.3 is 14.8 Å². The molecule has 3 nitrogen and oxygen atoms in total. The smallest absolute Gasteiger partial charge is 0.172 e. The maximum atomic E-state index is 6.13. The predicted molar refractivity (Wildman–Crippen MR) is 138 cm³/mol. The lowest BCUT2D eigenvalue weighted by Crippen LogP contribution is -2.15. The van der Waals surface area contributed by atoms with E-state index in [1.54, 1.807) is 0 Å². The van der Waals surface area contributed by atoms with Gasteiger partial charge in [-0.25, -0.2) is 0 Å². The fourth-order valence-corrected chi connectivity index (χ4v) is 5.52. The monoisotopic (exact) mass is 441 g/mol. The van der Waals surface area contributed by atoms with Gasteiger partial charge in [0, 0.05) is 28.2 Å². The van der Waals surface area contributed by atoms with Crippen LogP contribution in [0, 0.1) is 0 Å². The molecule has 0 unspecified atom stereocenters. The lowest BCUT2D eigenvalue weighted by atomic mass is 9.80. The van der Waals surface area contributed by atoms with Gasteiger partial charge in [0.15, 0.2) is 23.0 Å². The summed E-state index contributed by atoms with van der Waals surface area (Å²) >= 11 is 0. The first-order chi connectivity index (χ1) is 16.6. The summed E-state index contributed by atoms with van der Waals surface area (Å²) in [7, 11) is 0. The maximum absolute atomic E-state index is 6.13. The molecular formula is C31H23NO2. The highest BCUT2D eigenvalue weighted by atomic mass is 16.6. The van der Waals surface area contributed by atoms with Crippen molar-refractivity contribution in [2.75, 3.05) is 5.32 Å². The van der Waals surface area contributed by atoms with E-state index >= 15 is 0 Å². The first-order valence-electron chi connectivity index (χ1n) is 11.6. The van der Waals surface area contributed by atoms with E-state index in [2.05, 4.69) is 73.8 Å². The van der Waals surface area contributed by atoms with Crippen molar-refractivity contribution in [3.63, 3.8) is 0 Å². The van der Waals surface area contributed by atoms with Crippen molar-refractivity contribution in [3.05, 3.63) is 108 Å². The number of ether oxygens (including phenoxy) is 2. The van der Waals surface area contributed by atoms with Crippen LogP contribution in [0.5, 0.6) is 23.0 Å². The quantitative estimate of drug-likeness (QED) is 0.291. The van der Waals surface area contributed by atoms with E-state index < -0.39 is 0 Å². The molecule has 34 heavy (non-hydrogen) atoms. The highest BCUT2D eigenvalue weighted by Gasteiger charge is 2.37. The predicted octanol–water partition coefficient (Wildman–Crippen LogP) is 8.79. The number of fused-ring (bicyclic) bond motifs is 7. The van der Waals surface area contributed by atoms with Crippen molar-refractivity contribution in [2.24, 2.45) is 0 Å². The van der Waals surface area contributed by atoms with Crippen molar-refractivity contribution in [3.8, 4) is 34.1 Å².